The van der Waals surface area contributed by atoms with Crippen LogP contribution in [0.25, 0.3) is 6.08 Å². The quantitative estimate of drug-likeness (QED) is 0.836. The average molecular weight is 354 g/mol. The van der Waals surface area contributed by atoms with Crippen LogP contribution in [0.15, 0.2) is 33.7 Å². The van der Waals surface area contributed by atoms with Crippen molar-refractivity contribution in [3.63, 3.8) is 0 Å². The Hall–Kier alpha value is -1.73. The third kappa shape index (κ3) is 4.14. The molecule has 104 valence electrons. The van der Waals surface area contributed by atoms with Crippen molar-refractivity contribution in [1.82, 2.24) is 9.97 Å². The number of nitrogens with zero attached hydrogens (tertiary/aromatic N) is 3. The van der Waals surface area contributed by atoms with Gasteiger partial charge in [0.2, 0.25) is 5.95 Å². The number of hydrogen-bond donors (Lipinski definition) is 1. The summed E-state index contributed by atoms with van der Waals surface area (Å²) in [5, 5.41) is 10.6. The van der Waals surface area contributed by atoms with E-state index in [9.17, 15) is 4.79 Å². The first-order valence-corrected chi connectivity index (χ1v) is 7.39. The van der Waals surface area contributed by atoms with Crippen LogP contribution in [0.2, 0.25) is 0 Å². The van der Waals surface area contributed by atoms with Crippen LogP contribution in [0, 0.1) is 0 Å². The van der Waals surface area contributed by atoms with Gasteiger partial charge in [0.05, 0.1) is 3.79 Å². The molecule has 0 aromatic carbocycles. The molecule has 1 N–H and O–H groups in total. The standard InChI is InChI=1S/C13H12BrN3O2S/c1-17(7-10-4-11(14)20-8-10)13-15-5-9(6-16-13)2-3-12(18)19/h2-6,8H,7H2,1H3,(H,18,19)/b3-2+. The van der Waals surface area contributed by atoms with Gasteiger partial charge in [0.1, 0.15) is 0 Å². The van der Waals surface area contributed by atoms with Gasteiger partial charge in [-0.2, -0.15) is 0 Å². The van der Waals surface area contributed by atoms with Crippen molar-refractivity contribution in [2.24, 2.45) is 0 Å². The zero-order chi connectivity index (χ0) is 14.5. The lowest BCUT2D eigenvalue weighted by Gasteiger charge is -2.15. The minimum atomic E-state index is -0.991. The highest BCUT2D eigenvalue weighted by molar-refractivity contribution is 9.11. The van der Waals surface area contributed by atoms with Gasteiger partial charge in [0.25, 0.3) is 0 Å². The number of carbonyl (C=O) groups is 1. The Morgan fingerprint density at radius 2 is 2.20 bits per heavy atom. The lowest BCUT2D eigenvalue weighted by atomic mass is 10.3. The SMILES string of the molecule is CN(Cc1csc(Br)c1)c1ncc(/C=C/C(=O)O)cn1. The van der Waals surface area contributed by atoms with Crippen molar-refractivity contribution >= 4 is 45.3 Å². The second-order valence-corrected chi connectivity index (χ2v) is 6.39. The van der Waals surface area contributed by atoms with E-state index >= 15 is 0 Å². The van der Waals surface area contributed by atoms with Crippen LogP contribution in [0.5, 0.6) is 0 Å². The van der Waals surface area contributed by atoms with E-state index in [0.29, 0.717) is 18.1 Å². The van der Waals surface area contributed by atoms with Gasteiger partial charge in [-0.3, -0.25) is 0 Å². The summed E-state index contributed by atoms with van der Waals surface area (Å²) in [6.07, 6.45) is 5.72. The van der Waals surface area contributed by atoms with Crippen molar-refractivity contribution in [3.05, 3.63) is 44.8 Å². The van der Waals surface area contributed by atoms with Crippen LogP contribution in [-0.2, 0) is 11.3 Å². The predicted molar refractivity (Wildman–Crippen MR) is 82.8 cm³/mol. The fourth-order valence-electron chi connectivity index (χ4n) is 1.56. The second kappa shape index (κ2) is 6.62. The molecule has 0 atom stereocenters. The molecule has 0 aliphatic carbocycles. The van der Waals surface area contributed by atoms with E-state index in [1.165, 1.54) is 11.6 Å². The maximum absolute atomic E-state index is 10.4. The van der Waals surface area contributed by atoms with Gasteiger partial charge in [-0.05, 0) is 39.0 Å². The smallest absolute Gasteiger partial charge is 0.328 e. The van der Waals surface area contributed by atoms with Gasteiger partial charge in [-0.15, -0.1) is 11.3 Å². The van der Waals surface area contributed by atoms with Crippen LogP contribution in [0.4, 0.5) is 5.95 Å². The minimum Gasteiger partial charge on any atom is -0.478 e. The molecule has 0 amide bonds. The van der Waals surface area contributed by atoms with Gasteiger partial charge in [0.15, 0.2) is 0 Å². The molecule has 0 saturated carbocycles. The number of aliphatic carboxylic acids is 1. The molecule has 2 heterocycles. The molecule has 2 rings (SSSR count). The monoisotopic (exact) mass is 353 g/mol. The van der Waals surface area contributed by atoms with Crippen LogP contribution < -0.4 is 4.90 Å². The summed E-state index contributed by atoms with van der Waals surface area (Å²) in [5.74, 6) is -0.394. The number of rotatable bonds is 5. The van der Waals surface area contributed by atoms with Gasteiger partial charge in [0, 0.05) is 37.6 Å². The summed E-state index contributed by atoms with van der Waals surface area (Å²) >= 11 is 5.07. The van der Waals surface area contributed by atoms with E-state index in [1.807, 2.05) is 11.9 Å². The van der Waals surface area contributed by atoms with Gasteiger partial charge in [-0.1, -0.05) is 0 Å². The van der Waals surface area contributed by atoms with Crippen molar-refractivity contribution in [2.75, 3.05) is 11.9 Å². The number of carboxylic acid groups (broad SMARTS) is 1. The summed E-state index contributed by atoms with van der Waals surface area (Å²) in [6.45, 7) is 0.715. The Kier molecular flexibility index (Phi) is 4.86. The second-order valence-electron chi connectivity index (χ2n) is 4.10. The van der Waals surface area contributed by atoms with E-state index in [2.05, 4.69) is 37.3 Å². The fourth-order valence-corrected chi connectivity index (χ4v) is 2.76. The molecule has 0 radical (unpaired) electrons. The molecule has 0 unspecified atom stereocenters. The normalized spacial score (nSPS) is 10.9. The number of anilines is 1. The molecular formula is C13H12BrN3O2S. The fraction of sp³-hybridized carbons (Fsp3) is 0.154. The predicted octanol–water partition coefficient (Wildman–Crippen LogP) is 3.03. The Morgan fingerprint density at radius 3 is 2.75 bits per heavy atom. The molecule has 20 heavy (non-hydrogen) atoms. The summed E-state index contributed by atoms with van der Waals surface area (Å²) in [6, 6.07) is 2.06. The summed E-state index contributed by atoms with van der Waals surface area (Å²) in [7, 11) is 1.91. The van der Waals surface area contributed by atoms with Gasteiger partial charge < -0.3 is 10.0 Å². The van der Waals surface area contributed by atoms with E-state index in [1.54, 1.807) is 23.7 Å². The van der Waals surface area contributed by atoms with Crippen molar-refractivity contribution in [1.29, 1.82) is 0 Å². The van der Waals surface area contributed by atoms with Crippen molar-refractivity contribution in [2.45, 2.75) is 6.54 Å². The Morgan fingerprint density at radius 1 is 1.50 bits per heavy atom. The first kappa shape index (κ1) is 14.7. The molecular weight excluding hydrogens is 342 g/mol. The number of halogens is 1. The maximum Gasteiger partial charge on any atom is 0.328 e. The van der Waals surface area contributed by atoms with Gasteiger partial charge >= 0.3 is 5.97 Å². The first-order valence-electron chi connectivity index (χ1n) is 5.71. The maximum atomic E-state index is 10.4. The summed E-state index contributed by atoms with van der Waals surface area (Å²) < 4.78 is 1.09. The Balaban J connectivity index is 2.03. The third-order valence-corrected chi connectivity index (χ3v) is 4.01. The zero-order valence-corrected chi connectivity index (χ0v) is 13.1. The number of hydrogen-bond acceptors (Lipinski definition) is 5. The molecule has 0 aliphatic rings. The van der Waals surface area contributed by atoms with E-state index in [0.717, 1.165) is 9.86 Å². The van der Waals surface area contributed by atoms with E-state index in [-0.39, 0.29) is 0 Å². The van der Waals surface area contributed by atoms with Crippen molar-refractivity contribution in [3.8, 4) is 0 Å². The molecule has 0 fully saturated rings. The van der Waals surface area contributed by atoms with Crippen molar-refractivity contribution < 1.29 is 9.90 Å². The van der Waals surface area contributed by atoms with E-state index < -0.39 is 5.97 Å². The molecule has 7 heteroatoms. The first-order chi connectivity index (χ1) is 9.54. The highest BCUT2D eigenvalue weighted by Gasteiger charge is 2.06. The third-order valence-electron chi connectivity index (χ3n) is 2.46. The van der Waals surface area contributed by atoms with E-state index in [4.69, 9.17) is 5.11 Å². The molecule has 0 bridgehead atoms. The van der Waals surface area contributed by atoms with Crippen LogP contribution in [0.1, 0.15) is 11.1 Å². The molecule has 2 aromatic heterocycles. The Bertz CT molecular complexity index is 625. The average Bonchev–Trinajstić information content (AvgIpc) is 2.82. The molecule has 2 aromatic rings. The number of thiophene rings is 1. The lowest BCUT2D eigenvalue weighted by molar-refractivity contribution is -0.131. The molecule has 0 spiro atoms. The Labute approximate surface area is 128 Å². The summed E-state index contributed by atoms with van der Waals surface area (Å²) in [4.78, 5) is 20.8. The number of aromatic nitrogens is 2. The topological polar surface area (TPSA) is 66.3 Å². The molecule has 0 saturated heterocycles. The lowest BCUT2D eigenvalue weighted by Crippen LogP contribution is -2.18. The van der Waals surface area contributed by atoms with Crippen LogP contribution in [0.3, 0.4) is 0 Å². The molecule has 5 nitrogen and oxygen atoms in total. The van der Waals surface area contributed by atoms with Gasteiger partial charge in [-0.25, -0.2) is 14.8 Å². The highest BCUT2D eigenvalue weighted by Crippen LogP contribution is 2.22. The van der Waals surface area contributed by atoms with Crippen LogP contribution >= 0.6 is 27.3 Å². The van der Waals surface area contributed by atoms with Crippen LogP contribution in [-0.4, -0.2) is 28.1 Å². The highest BCUT2D eigenvalue weighted by atomic mass is 79.9. The summed E-state index contributed by atoms with van der Waals surface area (Å²) in [5.41, 5.74) is 1.84. The zero-order valence-electron chi connectivity index (χ0n) is 10.7. The minimum absolute atomic E-state index is 0.597. The molecule has 0 aliphatic heterocycles. The number of carboxylic acids is 1. The largest absolute Gasteiger partial charge is 0.478 e.